The van der Waals surface area contributed by atoms with Crippen LogP contribution in [0.25, 0.3) is 0 Å². The van der Waals surface area contributed by atoms with Gasteiger partial charge in [0.2, 0.25) is 14.7 Å². The maximum atomic E-state index is 12.2. The van der Waals surface area contributed by atoms with Gasteiger partial charge in [0, 0.05) is 0 Å². The fraction of sp³-hybridized carbons (Fsp3) is 0.417. The standard InChI is InChI=1S/C12H18N2O4S/c1-2-3-9-4-6-10(7-5-9)19(17,18)12(14,8-15)11(13)16/h4-7,15H,2-3,8,14H2,1H3,(H2,13,16)/t12-/m1/s1. The van der Waals surface area contributed by atoms with Crippen molar-refractivity contribution in [2.75, 3.05) is 6.61 Å². The summed E-state index contributed by atoms with van der Waals surface area (Å²) in [5, 5.41) is 9.09. The number of aliphatic hydroxyl groups excluding tert-OH is 1. The molecule has 1 rings (SSSR count). The summed E-state index contributed by atoms with van der Waals surface area (Å²) in [6.45, 7) is 0.940. The molecule has 0 aliphatic carbocycles. The zero-order chi connectivity index (χ0) is 14.7. The Labute approximate surface area is 112 Å². The number of aryl methyl sites for hydroxylation is 1. The molecule has 0 aromatic heterocycles. The Balaban J connectivity index is 3.23. The summed E-state index contributed by atoms with van der Waals surface area (Å²) in [5.74, 6) is -1.28. The van der Waals surface area contributed by atoms with Crippen molar-refractivity contribution in [2.45, 2.75) is 29.5 Å². The second-order valence-electron chi connectivity index (χ2n) is 4.31. The first-order valence-electron chi connectivity index (χ1n) is 5.82. The number of aliphatic hydroxyl groups is 1. The molecule has 0 heterocycles. The van der Waals surface area contributed by atoms with E-state index in [1.165, 1.54) is 12.1 Å². The van der Waals surface area contributed by atoms with Crippen LogP contribution in [-0.2, 0) is 21.1 Å². The van der Waals surface area contributed by atoms with E-state index in [1.807, 2.05) is 6.92 Å². The summed E-state index contributed by atoms with van der Waals surface area (Å²) in [7, 11) is -4.23. The van der Waals surface area contributed by atoms with Gasteiger partial charge in [-0.1, -0.05) is 25.5 Å². The van der Waals surface area contributed by atoms with Crippen LogP contribution in [0.15, 0.2) is 29.2 Å². The number of carbonyl (C=O) groups is 1. The van der Waals surface area contributed by atoms with Gasteiger partial charge >= 0.3 is 0 Å². The SMILES string of the molecule is CCCc1ccc(S(=O)(=O)[C@](N)(CO)C(N)=O)cc1. The summed E-state index contributed by atoms with van der Waals surface area (Å²) in [6, 6.07) is 6.02. The molecular formula is C12H18N2O4S. The van der Waals surface area contributed by atoms with Crippen molar-refractivity contribution >= 4 is 15.7 Å². The summed E-state index contributed by atoms with van der Waals surface area (Å²) < 4.78 is 24.4. The lowest BCUT2D eigenvalue weighted by atomic mass is 10.1. The molecule has 1 aromatic rings. The average molecular weight is 286 g/mol. The molecule has 0 saturated carbocycles. The predicted molar refractivity (Wildman–Crippen MR) is 70.8 cm³/mol. The molecule has 0 bridgehead atoms. The Kier molecular flexibility index (Phi) is 4.67. The lowest BCUT2D eigenvalue weighted by Gasteiger charge is -2.23. The molecule has 0 aliphatic heterocycles. The van der Waals surface area contributed by atoms with Gasteiger partial charge in [-0.3, -0.25) is 4.79 Å². The highest BCUT2D eigenvalue weighted by Gasteiger charge is 2.46. The number of amides is 1. The Morgan fingerprint density at radius 3 is 2.21 bits per heavy atom. The average Bonchev–Trinajstić information content (AvgIpc) is 2.38. The third-order valence-corrected chi connectivity index (χ3v) is 5.09. The normalized spacial score (nSPS) is 14.9. The lowest BCUT2D eigenvalue weighted by Crippen LogP contribution is -2.60. The Morgan fingerprint density at radius 1 is 1.32 bits per heavy atom. The number of primary amides is 1. The molecule has 6 nitrogen and oxygen atoms in total. The first kappa shape index (κ1) is 15.6. The van der Waals surface area contributed by atoms with Gasteiger partial charge in [-0.15, -0.1) is 0 Å². The van der Waals surface area contributed by atoms with Crippen molar-refractivity contribution in [3.8, 4) is 0 Å². The number of sulfone groups is 1. The fourth-order valence-corrected chi connectivity index (χ4v) is 2.98. The van der Waals surface area contributed by atoms with Gasteiger partial charge in [0.25, 0.3) is 5.91 Å². The minimum Gasteiger partial charge on any atom is -0.393 e. The number of carbonyl (C=O) groups excluding carboxylic acids is 1. The van der Waals surface area contributed by atoms with Crippen LogP contribution in [-0.4, -0.2) is 30.9 Å². The van der Waals surface area contributed by atoms with E-state index in [1.54, 1.807) is 12.1 Å². The third-order valence-electron chi connectivity index (χ3n) is 2.90. The molecule has 0 unspecified atom stereocenters. The molecule has 7 heteroatoms. The largest absolute Gasteiger partial charge is 0.393 e. The highest BCUT2D eigenvalue weighted by molar-refractivity contribution is 7.93. The summed E-state index contributed by atoms with van der Waals surface area (Å²) in [6.07, 6.45) is 1.76. The van der Waals surface area contributed by atoms with Crippen LogP contribution in [0.3, 0.4) is 0 Å². The van der Waals surface area contributed by atoms with Crippen LogP contribution < -0.4 is 11.5 Å². The molecule has 0 saturated heterocycles. The molecule has 1 aromatic carbocycles. The van der Waals surface area contributed by atoms with Crippen molar-refractivity contribution in [3.05, 3.63) is 29.8 Å². The highest BCUT2D eigenvalue weighted by Crippen LogP contribution is 2.22. The van der Waals surface area contributed by atoms with Crippen molar-refractivity contribution in [1.82, 2.24) is 0 Å². The lowest BCUT2D eigenvalue weighted by molar-refractivity contribution is -0.121. The van der Waals surface area contributed by atoms with E-state index < -0.39 is 27.2 Å². The van der Waals surface area contributed by atoms with Gasteiger partial charge in [0.1, 0.15) is 0 Å². The fourth-order valence-electron chi connectivity index (χ4n) is 1.63. The molecule has 0 radical (unpaired) electrons. The van der Waals surface area contributed by atoms with Gasteiger partial charge in [-0.25, -0.2) is 8.42 Å². The third kappa shape index (κ3) is 2.78. The van der Waals surface area contributed by atoms with E-state index in [9.17, 15) is 13.2 Å². The van der Waals surface area contributed by atoms with Crippen LogP contribution in [0.4, 0.5) is 0 Å². The van der Waals surface area contributed by atoms with Gasteiger partial charge < -0.3 is 16.6 Å². The van der Waals surface area contributed by atoms with Crippen molar-refractivity contribution in [1.29, 1.82) is 0 Å². The maximum absolute atomic E-state index is 12.2. The van der Waals surface area contributed by atoms with Gasteiger partial charge in [-0.05, 0) is 24.1 Å². The molecule has 0 aliphatic rings. The van der Waals surface area contributed by atoms with Gasteiger partial charge in [0.05, 0.1) is 11.5 Å². The molecule has 19 heavy (non-hydrogen) atoms. The summed E-state index contributed by atoms with van der Waals surface area (Å²) >= 11 is 0. The van der Waals surface area contributed by atoms with E-state index in [-0.39, 0.29) is 4.90 Å². The second-order valence-corrected chi connectivity index (χ2v) is 6.52. The zero-order valence-corrected chi connectivity index (χ0v) is 11.5. The number of hydrogen-bond donors (Lipinski definition) is 3. The first-order valence-corrected chi connectivity index (χ1v) is 7.31. The monoisotopic (exact) mass is 286 g/mol. The van der Waals surface area contributed by atoms with Crippen molar-refractivity contribution in [2.24, 2.45) is 11.5 Å². The topological polar surface area (TPSA) is 123 Å². The molecular weight excluding hydrogens is 268 g/mol. The summed E-state index contributed by atoms with van der Waals surface area (Å²) in [5.41, 5.74) is 11.4. The molecule has 0 spiro atoms. The van der Waals surface area contributed by atoms with E-state index in [2.05, 4.69) is 0 Å². The van der Waals surface area contributed by atoms with Gasteiger partial charge in [-0.2, -0.15) is 0 Å². The van der Waals surface area contributed by atoms with Gasteiger partial charge in [0.15, 0.2) is 0 Å². The smallest absolute Gasteiger partial charge is 0.256 e. The number of rotatable bonds is 6. The number of hydrogen-bond acceptors (Lipinski definition) is 5. The Bertz CT molecular complexity index is 554. The van der Waals surface area contributed by atoms with Crippen molar-refractivity contribution < 1.29 is 18.3 Å². The van der Waals surface area contributed by atoms with E-state index in [0.29, 0.717) is 0 Å². The van der Waals surface area contributed by atoms with Crippen LogP contribution in [0.1, 0.15) is 18.9 Å². The van der Waals surface area contributed by atoms with E-state index in [4.69, 9.17) is 16.6 Å². The van der Waals surface area contributed by atoms with Crippen molar-refractivity contribution in [3.63, 3.8) is 0 Å². The first-order chi connectivity index (χ1) is 8.79. The number of nitrogens with two attached hydrogens (primary N) is 2. The zero-order valence-electron chi connectivity index (χ0n) is 10.7. The summed E-state index contributed by atoms with van der Waals surface area (Å²) in [4.78, 5) is 8.56. The van der Waals surface area contributed by atoms with Crippen LogP contribution in [0.2, 0.25) is 0 Å². The Morgan fingerprint density at radius 2 is 1.84 bits per heavy atom. The highest BCUT2D eigenvalue weighted by atomic mass is 32.2. The van der Waals surface area contributed by atoms with E-state index in [0.717, 1.165) is 18.4 Å². The molecule has 1 amide bonds. The minimum absolute atomic E-state index is 0.136. The predicted octanol–water partition coefficient (Wildman–Crippen LogP) is -0.455. The molecule has 106 valence electrons. The van der Waals surface area contributed by atoms with Crippen LogP contribution in [0, 0.1) is 0 Å². The van der Waals surface area contributed by atoms with E-state index >= 15 is 0 Å². The quantitative estimate of drug-likeness (QED) is 0.653. The van der Waals surface area contributed by atoms with Crippen LogP contribution in [0.5, 0.6) is 0 Å². The Hall–Kier alpha value is -1.44. The molecule has 0 fully saturated rings. The molecule has 5 N–H and O–H groups in total. The number of benzene rings is 1. The minimum atomic E-state index is -4.23. The molecule has 1 atom stereocenters. The maximum Gasteiger partial charge on any atom is 0.256 e. The van der Waals surface area contributed by atoms with Crippen LogP contribution >= 0.6 is 0 Å². The second kappa shape index (κ2) is 5.68.